The van der Waals surface area contributed by atoms with Crippen molar-refractivity contribution in [1.29, 1.82) is 0 Å². The standard InChI is InChI=1S/C33H30ClF5N2O4S/c1-40-22-8-10-23(11-9-22)41(31(42)30-28(34)27-24(35)12-13-25(36)29(27)46-30)16-21-15-20(7-14-26(21)44-2)19-5-3-18(4-6-19)17-45-32(43)33(37,38)39/h3-7,12-15,22-23,40H,8-11,16-17H2,1-2H3. The van der Waals surface area contributed by atoms with Crippen molar-refractivity contribution < 1.29 is 41.0 Å². The Balaban J connectivity index is 1.46. The average Bonchev–Trinajstić information content (AvgIpc) is 3.41. The summed E-state index contributed by atoms with van der Waals surface area (Å²) >= 11 is 7.36. The lowest BCUT2D eigenvalue weighted by Gasteiger charge is -2.37. The molecule has 0 saturated heterocycles. The lowest BCUT2D eigenvalue weighted by Crippen LogP contribution is -2.44. The van der Waals surface area contributed by atoms with Crippen LogP contribution in [0.5, 0.6) is 5.75 Å². The first-order valence-corrected chi connectivity index (χ1v) is 15.6. The van der Waals surface area contributed by atoms with Crippen molar-refractivity contribution >= 4 is 44.9 Å². The maximum absolute atomic E-state index is 14.7. The number of methoxy groups -OCH3 is 1. The van der Waals surface area contributed by atoms with E-state index < -0.39 is 36.3 Å². The smallest absolute Gasteiger partial charge is 0.490 e. The van der Waals surface area contributed by atoms with Gasteiger partial charge in [-0.05, 0) is 73.7 Å². The number of carbonyl (C=O) groups is 2. The van der Waals surface area contributed by atoms with Gasteiger partial charge >= 0.3 is 12.1 Å². The highest BCUT2D eigenvalue weighted by atomic mass is 35.5. The number of esters is 1. The number of nitrogens with one attached hydrogen (secondary N) is 1. The average molecular weight is 681 g/mol. The molecule has 0 bridgehead atoms. The van der Waals surface area contributed by atoms with E-state index in [0.29, 0.717) is 35.8 Å². The van der Waals surface area contributed by atoms with Gasteiger partial charge in [0.05, 0.1) is 22.2 Å². The normalized spacial score (nSPS) is 16.8. The minimum absolute atomic E-state index is 0.0246. The van der Waals surface area contributed by atoms with Crippen molar-refractivity contribution in [3.05, 3.63) is 87.3 Å². The van der Waals surface area contributed by atoms with E-state index in [1.54, 1.807) is 41.3 Å². The molecular weight excluding hydrogens is 651 g/mol. The largest absolute Gasteiger partial charge is 0.496 e. The van der Waals surface area contributed by atoms with E-state index in [9.17, 15) is 31.5 Å². The van der Waals surface area contributed by atoms with Crippen LogP contribution in [0.25, 0.3) is 21.2 Å². The second-order valence-corrected chi connectivity index (χ2v) is 12.4. The Morgan fingerprint density at radius 3 is 2.24 bits per heavy atom. The highest BCUT2D eigenvalue weighted by molar-refractivity contribution is 7.21. The fraction of sp³-hybridized carbons (Fsp3) is 0.333. The van der Waals surface area contributed by atoms with Gasteiger partial charge in [0.15, 0.2) is 0 Å². The van der Waals surface area contributed by atoms with Crippen molar-refractivity contribution in [3.63, 3.8) is 0 Å². The molecule has 1 fully saturated rings. The second-order valence-electron chi connectivity index (χ2n) is 11.0. The molecule has 6 nitrogen and oxygen atoms in total. The number of nitrogens with zero attached hydrogens (tertiary/aromatic N) is 1. The number of hydrogen-bond donors (Lipinski definition) is 1. The van der Waals surface area contributed by atoms with Crippen LogP contribution < -0.4 is 10.1 Å². The number of rotatable bonds is 9. The zero-order valence-electron chi connectivity index (χ0n) is 24.8. The Morgan fingerprint density at radius 1 is 0.978 bits per heavy atom. The van der Waals surface area contributed by atoms with Gasteiger partial charge in [0.25, 0.3) is 5.91 Å². The van der Waals surface area contributed by atoms with Gasteiger partial charge in [-0.2, -0.15) is 13.2 Å². The number of benzene rings is 3. The number of ether oxygens (including phenoxy) is 2. The summed E-state index contributed by atoms with van der Waals surface area (Å²) in [5.41, 5.74) is 2.50. The quantitative estimate of drug-likeness (QED) is 0.142. The van der Waals surface area contributed by atoms with Gasteiger partial charge in [0.2, 0.25) is 0 Å². The zero-order valence-corrected chi connectivity index (χ0v) is 26.4. The number of thiophene rings is 1. The van der Waals surface area contributed by atoms with Crippen LogP contribution in [0.15, 0.2) is 54.6 Å². The second kappa shape index (κ2) is 13.9. The summed E-state index contributed by atoms with van der Waals surface area (Å²) in [4.78, 5) is 27.0. The maximum Gasteiger partial charge on any atom is 0.490 e. The van der Waals surface area contributed by atoms with Crippen molar-refractivity contribution in [3.8, 4) is 16.9 Å². The van der Waals surface area contributed by atoms with Crippen LogP contribution in [-0.4, -0.2) is 49.2 Å². The van der Waals surface area contributed by atoms with Gasteiger partial charge in [0.1, 0.15) is 28.9 Å². The summed E-state index contributed by atoms with van der Waals surface area (Å²) < 4.78 is 76.7. The van der Waals surface area contributed by atoms with E-state index in [4.69, 9.17) is 16.3 Å². The summed E-state index contributed by atoms with van der Waals surface area (Å²) in [6.07, 6.45) is -2.02. The van der Waals surface area contributed by atoms with E-state index in [2.05, 4.69) is 10.1 Å². The Labute approximate surface area is 271 Å². The SMILES string of the molecule is CNC1CCC(N(Cc2cc(-c3ccc(COC(=O)C(F)(F)F)cc3)ccc2OC)C(=O)c2sc3c(F)ccc(F)c3c2Cl)CC1. The Bertz CT molecular complexity index is 1740. The van der Waals surface area contributed by atoms with E-state index in [1.165, 1.54) is 7.11 Å². The third-order valence-corrected chi connectivity index (χ3v) is 9.87. The summed E-state index contributed by atoms with van der Waals surface area (Å²) in [7, 11) is 3.40. The number of halogens is 6. The Morgan fingerprint density at radius 2 is 1.63 bits per heavy atom. The van der Waals surface area contributed by atoms with Gasteiger partial charge in [-0.3, -0.25) is 4.79 Å². The number of alkyl halides is 3. The molecule has 1 N–H and O–H groups in total. The summed E-state index contributed by atoms with van der Waals surface area (Å²) in [5, 5.41) is 3.03. The Kier molecular flexibility index (Phi) is 10.2. The lowest BCUT2D eigenvalue weighted by atomic mass is 9.89. The van der Waals surface area contributed by atoms with Crippen LogP contribution >= 0.6 is 22.9 Å². The molecule has 0 spiro atoms. The van der Waals surface area contributed by atoms with Gasteiger partial charge in [-0.25, -0.2) is 13.6 Å². The van der Waals surface area contributed by atoms with E-state index in [-0.39, 0.29) is 32.6 Å². The van der Waals surface area contributed by atoms with Gasteiger partial charge < -0.3 is 19.7 Å². The molecule has 3 aromatic carbocycles. The van der Waals surface area contributed by atoms with E-state index in [1.807, 2.05) is 13.1 Å². The fourth-order valence-electron chi connectivity index (χ4n) is 5.70. The molecule has 1 amide bonds. The summed E-state index contributed by atoms with van der Waals surface area (Å²) in [5.74, 6) is -3.56. The van der Waals surface area contributed by atoms with Crippen LogP contribution in [0.1, 0.15) is 46.5 Å². The number of amides is 1. The highest BCUT2D eigenvalue weighted by Crippen LogP contribution is 2.40. The molecule has 1 heterocycles. The number of fused-ring (bicyclic) bond motifs is 1. The first-order valence-electron chi connectivity index (χ1n) is 14.5. The van der Waals surface area contributed by atoms with Crippen molar-refractivity contribution in [2.75, 3.05) is 14.2 Å². The molecule has 0 aliphatic heterocycles. The molecule has 0 unspecified atom stereocenters. The maximum atomic E-state index is 14.7. The third-order valence-electron chi connectivity index (χ3n) is 8.19. The van der Waals surface area contributed by atoms with E-state index >= 15 is 0 Å². The number of hydrogen-bond acceptors (Lipinski definition) is 6. The summed E-state index contributed by atoms with van der Waals surface area (Å²) in [6, 6.07) is 14.0. The van der Waals surface area contributed by atoms with Crippen LogP contribution in [-0.2, 0) is 22.7 Å². The van der Waals surface area contributed by atoms with E-state index in [0.717, 1.165) is 47.4 Å². The van der Waals surface area contributed by atoms with Crippen LogP contribution in [0, 0.1) is 11.6 Å². The van der Waals surface area contributed by atoms with Gasteiger partial charge in [-0.15, -0.1) is 11.3 Å². The summed E-state index contributed by atoms with van der Waals surface area (Å²) in [6.45, 7) is -0.417. The molecule has 1 saturated carbocycles. The highest BCUT2D eigenvalue weighted by Gasteiger charge is 2.41. The molecule has 46 heavy (non-hydrogen) atoms. The molecular formula is C33H30ClF5N2O4S. The molecule has 13 heteroatoms. The zero-order chi connectivity index (χ0) is 33.2. The lowest BCUT2D eigenvalue weighted by molar-refractivity contribution is -0.201. The molecule has 244 valence electrons. The molecule has 1 aliphatic rings. The Hall–Kier alpha value is -3.74. The first kappa shape index (κ1) is 33.6. The van der Waals surface area contributed by atoms with Gasteiger partial charge in [0, 0.05) is 24.2 Å². The molecule has 1 aromatic heterocycles. The fourth-order valence-corrected chi connectivity index (χ4v) is 7.20. The first-order chi connectivity index (χ1) is 21.9. The topological polar surface area (TPSA) is 67.9 Å². The molecule has 0 radical (unpaired) electrons. The predicted octanol–water partition coefficient (Wildman–Crippen LogP) is 8.29. The van der Waals surface area contributed by atoms with Crippen LogP contribution in [0.4, 0.5) is 22.0 Å². The monoisotopic (exact) mass is 680 g/mol. The van der Waals surface area contributed by atoms with Crippen LogP contribution in [0.3, 0.4) is 0 Å². The minimum atomic E-state index is -5.07. The van der Waals surface area contributed by atoms with Crippen molar-refractivity contribution in [2.45, 2.75) is 57.1 Å². The van der Waals surface area contributed by atoms with Gasteiger partial charge in [-0.1, -0.05) is 41.9 Å². The van der Waals surface area contributed by atoms with Crippen molar-refractivity contribution in [2.24, 2.45) is 0 Å². The number of carbonyl (C=O) groups excluding carboxylic acids is 2. The predicted molar refractivity (Wildman–Crippen MR) is 166 cm³/mol. The molecule has 4 aromatic rings. The minimum Gasteiger partial charge on any atom is -0.496 e. The third kappa shape index (κ3) is 7.13. The van der Waals surface area contributed by atoms with Crippen molar-refractivity contribution in [1.82, 2.24) is 10.2 Å². The molecule has 1 aliphatic carbocycles. The van der Waals surface area contributed by atoms with Crippen LogP contribution in [0.2, 0.25) is 5.02 Å². The molecule has 0 atom stereocenters. The molecule has 5 rings (SSSR count).